The van der Waals surface area contributed by atoms with E-state index in [0.29, 0.717) is 5.89 Å². The standard InChI is InChI=1S/C14H19N5O/c1-14(2,19-8-6-15-7-9-19)13-17-12(20-18-13)11-4-3-5-16-10-11/h3-5,10,15H,6-9H2,1-2H3. The van der Waals surface area contributed by atoms with E-state index in [0.717, 1.165) is 37.6 Å². The van der Waals surface area contributed by atoms with Gasteiger partial charge in [-0.05, 0) is 26.0 Å². The molecule has 0 unspecified atom stereocenters. The number of pyridine rings is 1. The van der Waals surface area contributed by atoms with E-state index in [1.54, 1.807) is 12.4 Å². The van der Waals surface area contributed by atoms with Crippen molar-refractivity contribution in [3.8, 4) is 11.5 Å². The van der Waals surface area contributed by atoms with Crippen LogP contribution in [0.1, 0.15) is 19.7 Å². The number of nitrogens with one attached hydrogen (secondary N) is 1. The molecule has 1 aliphatic rings. The summed E-state index contributed by atoms with van der Waals surface area (Å²) in [5.41, 5.74) is 0.619. The molecule has 0 bridgehead atoms. The van der Waals surface area contributed by atoms with Gasteiger partial charge in [-0.3, -0.25) is 9.88 Å². The molecule has 1 fully saturated rings. The van der Waals surface area contributed by atoms with Crippen LogP contribution in [0.4, 0.5) is 0 Å². The van der Waals surface area contributed by atoms with E-state index >= 15 is 0 Å². The van der Waals surface area contributed by atoms with Crippen molar-refractivity contribution in [2.45, 2.75) is 19.4 Å². The topological polar surface area (TPSA) is 67.1 Å². The number of hydrogen-bond donors (Lipinski definition) is 1. The van der Waals surface area contributed by atoms with Gasteiger partial charge in [0.05, 0.1) is 11.1 Å². The summed E-state index contributed by atoms with van der Waals surface area (Å²) < 4.78 is 5.38. The highest BCUT2D eigenvalue weighted by atomic mass is 16.5. The first-order chi connectivity index (χ1) is 9.68. The van der Waals surface area contributed by atoms with Gasteiger partial charge in [-0.15, -0.1) is 0 Å². The Hall–Kier alpha value is -1.79. The summed E-state index contributed by atoms with van der Waals surface area (Å²) >= 11 is 0. The Bertz CT molecular complexity index is 560. The first kappa shape index (κ1) is 13.2. The molecule has 106 valence electrons. The van der Waals surface area contributed by atoms with Crippen molar-refractivity contribution in [2.24, 2.45) is 0 Å². The maximum atomic E-state index is 5.38. The van der Waals surface area contributed by atoms with Crippen molar-refractivity contribution in [1.29, 1.82) is 0 Å². The quantitative estimate of drug-likeness (QED) is 0.908. The average Bonchev–Trinajstić information content (AvgIpc) is 3.00. The van der Waals surface area contributed by atoms with Gasteiger partial charge in [0.1, 0.15) is 0 Å². The minimum atomic E-state index is -0.230. The van der Waals surface area contributed by atoms with E-state index in [2.05, 4.69) is 39.2 Å². The predicted octanol–water partition coefficient (Wildman–Crippen LogP) is 1.27. The zero-order valence-corrected chi connectivity index (χ0v) is 11.8. The summed E-state index contributed by atoms with van der Waals surface area (Å²) in [4.78, 5) is 11.0. The van der Waals surface area contributed by atoms with Gasteiger partial charge in [-0.1, -0.05) is 5.16 Å². The molecule has 0 aromatic carbocycles. The van der Waals surface area contributed by atoms with Gasteiger partial charge < -0.3 is 9.84 Å². The average molecular weight is 273 g/mol. The van der Waals surface area contributed by atoms with Crippen LogP contribution in [0.15, 0.2) is 29.0 Å². The van der Waals surface area contributed by atoms with Crippen LogP contribution in [0.5, 0.6) is 0 Å². The molecule has 0 spiro atoms. The van der Waals surface area contributed by atoms with Crippen LogP contribution in [0.2, 0.25) is 0 Å². The van der Waals surface area contributed by atoms with Crippen molar-refractivity contribution in [2.75, 3.05) is 26.2 Å². The molecule has 6 nitrogen and oxygen atoms in total. The normalized spacial score (nSPS) is 17.3. The van der Waals surface area contributed by atoms with E-state index in [-0.39, 0.29) is 5.54 Å². The number of rotatable bonds is 3. The van der Waals surface area contributed by atoms with E-state index in [9.17, 15) is 0 Å². The van der Waals surface area contributed by atoms with Gasteiger partial charge in [-0.2, -0.15) is 4.98 Å². The minimum Gasteiger partial charge on any atom is -0.334 e. The van der Waals surface area contributed by atoms with Crippen LogP contribution >= 0.6 is 0 Å². The first-order valence-electron chi connectivity index (χ1n) is 6.88. The zero-order valence-electron chi connectivity index (χ0n) is 11.8. The molecule has 3 heterocycles. The van der Waals surface area contributed by atoms with Crippen molar-refractivity contribution >= 4 is 0 Å². The lowest BCUT2D eigenvalue weighted by molar-refractivity contribution is 0.0925. The van der Waals surface area contributed by atoms with E-state index < -0.39 is 0 Å². The van der Waals surface area contributed by atoms with Crippen LogP contribution in [0.25, 0.3) is 11.5 Å². The van der Waals surface area contributed by atoms with Crippen LogP contribution in [-0.4, -0.2) is 46.2 Å². The first-order valence-corrected chi connectivity index (χ1v) is 6.88. The summed E-state index contributed by atoms with van der Waals surface area (Å²) in [5.74, 6) is 1.24. The molecule has 0 aliphatic carbocycles. The van der Waals surface area contributed by atoms with Crippen LogP contribution in [0, 0.1) is 0 Å². The lowest BCUT2D eigenvalue weighted by atomic mass is 10.0. The number of nitrogens with zero attached hydrogens (tertiary/aromatic N) is 4. The SMILES string of the molecule is CC(C)(c1noc(-c2cccnc2)n1)N1CCNCC1. The second-order valence-electron chi connectivity index (χ2n) is 5.46. The molecule has 1 saturated heterocycles. The second kappa shape index (κ2) is 5.30. The van der Waals surface area contributed by atoms with Gasteiger partial charge >= 0.3 is 0 Å². The summed E-state index contributed by atoms with van der Waals surface area (Å²) in [6.07, 6.45) is 3.46. The fourth-order valence-corrected chi connectivity index (χ4v) is 2.44. The monoisotopic (exact) mass is 273 g/mol. The summed E-state index contributed by atoms with van der Waals surface area (Å²) in [6, 6.07) is 3.78. The molecule has 2 aromatic rings. The molecule has 6 heteroatoms. The third-order valence-corrected chi connectivity index (χ3v) is 3.79. The highest BCUT2D eigenvalue weighted by molar-refractivity contribution is 5.50. The van der Waals surface area contributed by atoms with Crippen molar-refractivity contribution < 1.29 is 4.52 Å². The lowest BCUT2D eigenvalue weighted by Crippen LogP contribution is -2.52. The molecule has 2 aromatic heterocycles. The summed E-state index contributed by atoms with van der Waals surface area (Å²) in [7, 11) is 0. The second-order valence-corrected chi connectivity index (χ2v) is 5.46. The maximum Gasteiger partial charge on any atom is 0.259 e. The molecule has 3 rings (SSSR count). The Labute approximate surface area is 118 Å². The molecular formula is C14H19N5O. The van der Waals surface area contributed by atoms with Gasteiger partial charge in [0, 0.05) is 38.6 Å². The van der Waals surface area contributed by atoms with Crippen LogP contribution in [-0.2, 0) is 5.54 Å². The molecule has 1 N–H and O–H groups in total. The smallest absolute Gasteiger partial charge is 0.259 e. The van der Waals surface area contributed by atoms with Gasteiger partial charge in [0.2, 0.25) is 0 Å². The van der Waals surface area contributed by atoms with Crippen LogP contribution < -0.4 is 5.32 Å². The molecule has 0 amide bonds. The fraction of sp³-hybridized carbons (Fsp3) is 0.500. The Morgan fingerprint density at radius 3 is 2.80 bits per heavy atom. The Balaban J connectivity index is 1.85. The largest absolute Gasteiger partial charge is 0.334 e. The molecule has 0 saturated carbocycles. The van der Waals surface area contributed by atoms with E-state index in [4.69, 9.17) is 4.52 Å². The third-order valence-electron chi connectivity index (χ3n) is 3.79. The third kappa shape index (κ3) is 2.44. The van der Waals surface area contributed by atoms with Crippen LogP contribution in [0.3, 0.4) is 0 Å². The zero-order chi connectivity index (χ0) is 14.0. The van der Waals surface area contributed by atoms with Gasteiger partial charge in [0.25, 0.3) is 5.89 Å². The highest BCUT2D eigenvalue weighted by Crippen LogP contribution is 2.27. The fourth-order valence-electron chi connectivity index (χ4n) is 2.44. The van der Waals surface area contributed by atoms with E-state index in [1.165, 1.54) is 0 Å². The Kier molecular flexibility index (Phi) is 3.50. The highest BCUT2D eigenvalue weighted by Gasteiger charge is 2.34. The predicted molar refractivity (Wildman–Crippen MR) is 75.0 cm³/mol. The Morgan fingerprint density at radius 1 is 1.30 bits per heavy atom. The van der Waals surface area contributed by atoms with Gasteiger partial charge in [0.15, 0.2) is 5.82 Å². The molecule has 0 radical (unpaired) electrons. The van der Waals surface area contributed by atoms with Crippen molar-refractivity contribution in [1.82, 2.24) is 25.3 Å². The lowest BCUT2D eigenvalue weighted by Gasteiger charge is -2.38. The molecule has 1 aliphatic heterocycles. The molecule has 0 atom stereocenters. The minimum absolute atomic E-state index is 0.230. The maximum absolute atomic E-state index is 5.38. The van der Waals surface area contributed by atoms with Gasteiger partial charge in [-0.25, -0.2) is 0 Å². The number of piperazine rings is 1. The van der Waals surface area contributed by atoms with Crippen molar-refractivity contribution in [3.05, 3.63) is 30.4 Å². The molecule has 20 heavy (non-hydrogen) atoms. The number of hydrogen-bond acceptors (Lipinski definition) is 6. The van der Waals surface area contributed by atoms with Crippen molar-refractivity contribution in [3.63, 3.8) is 0 Å². The summed E-state index contributed by atoms with van der Waals surface area (Å²) in [5, 5.41) is 7.52. The van der Waals surface area contributed by atoms with E-state index in [1.807, 2.05) is 12.1 Å². The number of aromatic nitrogens is 3. The Morgan fingerprint density at radius 2 is 2.10 bits per heavy atom. The molecular weight excluding hydrogens is 254 g/mol. The summed E-state index contributed by atoms with van der Waals surface area (Å²) in [6.45, 7) is 8.24.